The number of piperidine rings is 1. The van der Waals surface area contributed by atoms with Crippen molar-refractivity contribution < 1.29 is 8.78 Å². The standard InChI is InChI=1S/C20H20F2IN7S/c1-12-9-30-15(13-5-16(23)24-7-13)8-25-19(30)18(26-12)27-17-6-14(28-31-17)10-29-4-2-3-20(21,22)11-29/h5-9,24H,2-4,10-11H2,1H3,(H,26,27). The van der Waals surface area contributed by atoms with E-state index in [1.165, 1.54) is 11.5 Å². The monoisotopic (exact) mass is 555 g/mol. The van der Waals surface area contributed by atoms with E-state index < -0.39 is 5.92 Å². The van der Waals surface area contributed by atoms with Crippen molar-refractivity contribution in [3.63, 3.8) is 0 Å². The van der Waals surface area contributed by atoms with Crippen LogP contribution < -0.4 is 5.32 Å². The lowest BCUT2D eigenvalue weighted by Crippen LogP contribution is -2.42. The van der Waals surface area contributed by atoms with Gasteiger partial charge in [-0.3, -0.25) is 9.30 Å². The van der Waals surface area contributed by atoms with E-state index in [9.17, 15) is 8.78 Å². The number of aryl methyl sites for hydroxylation is 1. The largest absolute Gasteiger partial charge is 0.356 e. The Morgan fingerprint density at radius 1 is 1.35 bits per heavy atom. The number of rotatable bonds is 5. The first-order valence-electron chi connectivity index (χ1n) is 9.88. The number of hydrogen-bond donors (Lipinski definition) is 2. The first-order chi connectivity index (χ1) is 14.9. The molecule has 0 aliphatic carbocycles. The Kier molecular flexibility index (Phi) is 5.42. The van der Waals surface area contributed by atoms with Crippen molar-refractivity contribution in [2.75, 3.05) is 18.4 Å². The van der Waals surface area contributed by atoms with Crippen molar-refractivity contribution in [1.29, 1.82) is 0 Å². The second-order valence-corrected chi connectivity index (χ2v) is 9.75. The zero-order valence-electron chi connectivity index (χ0n) is 16.7. The number of alkyl halides is 2. The third kappa shape index (κ3) is 4.44. The number of aromatic nitrogens is 5. The number of hydrogen-bond acceptors (Lipinski definition) is 6. The van der Waals surface area contributed by atoms with Crippen LogP contribution in [0.1, 0.15) is 24.2 Å². The molecule has 0 unspecified atom stereocenters. The van der Waals surface area contributed by atoms with Crippen molar-refractivity contribution in [3.8, 4) is 11.3 Å². The maximum Gasteiger partial charge on any atom is 0.260 e. The maximum absolute atomic E-state index is 13.7. The van der Waals surface area contributed by atoms with E-state index in [2.05, 4.69) is 53.3 Å². The summed E-state index contributed by atoms with van der Waals surface area (Å²) in [6.45, 7) is 2.82. The minimum atomic E-state index is -2.61. The number of nitrogens with zero attached hydrogens (tertiary/aromatic N) is 5. The van der Waals surface area contributed by atoms with Crippen LogP contribution in [0.5, 0.6) is 0 Å². The highest BCUT2D eigenvalue weighted by Gasteiger charge is 2.35. The molecule has 1 saturated heterocycles. The summed E-state index contributed by atoms with van der Waals surface area (Å²) < 4.78 is 34.9. The van der Waals surface area contributed by atoms with E-state index in [1.54, 1.807) is 4.90 Å². The number of fused-ring (bicyclic) bond motifs is 1. The van der Waals surface area contributed by atoms with Gasteiger partial charge >= 0.3 is 0 Å². The van der Waals surface area contributed by atoms with Crippen molar-refractivity contribution in [2.45, 2.75) is 32.2 Å². The molecule has 7 nitrogen and oxygen atoms in total. The summed E-state index contributed by atoms with van der Waals surface area (Å²) in [6, 6.07) is 3.96. The minimum Gasteiger partial charge on any atom is -0.356 e. The highest BCUT2D eigenvalue weighted by molar-refractivity contribution is 14.1. The Hall–Kier alpha value is -2.12. The molecule has 31 heavy (non-hydrogen) atoms. The number of H-pyrrole nitrogens is 1. The van der Waals surface area contributed by atoms with Crippen LogP contribution in [-0.4, -0.2) is 47.6 Å². The summed E-state index contributed by atoms with van der Waals surface area (Å²) in [7, 11) is 0. The molecule has 1 fully saturated rings. The van der Waals surface area contributed by atoms with Gasteiger partial charge in [0.25, 0.3) is 5.92 Å². The van der Waals surface area contributed by atoms with Crippen LogP contribution in [0.15, 0.2) is 30.7 Å². The van der Waals surface area contributed by atoms with Crippen LogP contribution in [0.2, 0.25) is 0 Å². The number of likely N-dealkylation sites (tertiary alicyclic amines) is 1. The van der Waals surface area contributed by atoms with Crippen LogP contribution in [0, 0.1) is 10.6 Å². The van der Waals surface area contributed by atoms with Gasteiger partial charge in [-0.15, -0.1) is 0 Å². The third-order valence-electron chi connectivity index (χ3n) is 5.21. The highest BCUT2D eigenvalue weighted by Crippen LogP contribution is 2.30. The second kappa shape index (κ2) is 8.10. The van der Waals surface area contributed by atoms with Gasteiger partial charge in [-0.25, -0.2) is 18.7 Å². The molecule has 1 aliphatic heterocycles. The smallest absolute Gasteiger partial charge is 0.260 e. The molecule has 5 rings (SSSR count). The lowest BCUT2D eigenvalue weighted by molar-refractivity contribution is -0.0662. The Morgan fingerprint density at radius 2 is 2.23 bits per heavy atom. The van der Waals surface area contributed by atoms with Gasteiger partial charge in [0.1, 0.15) is 5.00 Å². The fraction of sp³-hybridized carbons (Fsp3) is 0.350. The van der Waals surface area contributed by atoms with Gasteiger partial charge in [-0.05, 0) is 66.1 Å². The molecule has 5 heterocycles. The Labute approximate surface area is 195 Å². The van der Waals surface area contributed by atoms with E-state index in [-0.39, 0.29) is 13.0 Å². The second-order valence-electron chi connectivity index (χ2n) is 7.78. The molecule has 1 aliphatic rings. The van der Waals surface area contributed by atoms with Crippen molar-refractivity contribution >= 4 is 50.6 Å². The Balaban J connectivity index is 1.38. The fourth-order valence-electron chi connectivity index (χ4n) is 3.89. The van der Waals surface area contributed by atoms with E-state index in [0.29, 0.717) is 31.0 Å². The van der Waals surface area contributed by atoms with Crippen molar-refractivity contribution in [3.05, 3.63) is 45.8 Å². The van der Waals surface area contributed by atoms with Crippen molar-refractivity contribution in [1.82, 2.24) is 28.6 Å². The average molecular weight is 555 g/mol. The molecule has 2 N–H and O–H groups in total. The molecule has 162 valence electrons. The summed E-state index contributed by atoms with van der Waals surface area (Å²) in [5, 5.41) is 4.12. The molecular weight excluding hydrogens is 535 g/mol. The van der Waals surface area contributed by atoms with Crippen LogP contribution >= 0.6 is 34.1 Å². The zero-order valence-corrected chi connectivity index (χ0v) is 19.7. The van der Waals surface area contributed by atoms with Gasteiger partial charge in [-0.1, -0.05) is 0 Å². The molecule has 4 aromatic heterocycles. The first kappa shape index (κ1) is 20.8. The van der Waals surface area contributed by atoms with E-state index in [0.717, 1.165) is 31.3 Å². The number of halogens is 3. The highest BCUT2D eigenvalue weighted by atomic mass is 127. The summed E-state index contributed by atoms with van der Waals surface area (Å²) in [5.41, 5.74) is 4.35. The third-order valence-corrected chi connectivity index (χ3v) is 6.58. The molecule has 11 heteroatoms. The molecule has 0 amide bonds. The molecule has 0 spiro atoms. The molecule has 0 saturated carbocycles. The van der Waals surface area contributed by atoms with Gasteiger partial charge in [0.05, 0.1) is 33.5 Å². The summed E-state index contributed by atoms with van der Waals surface area (Å²) in [5.74, 6) is -1.97. The van der Waals surface area contributed by atoms with Gasteiger partial charge in [0.15, 0.2) is 11.5 Å². The maximum atomic E-state index is 13.7. The summed E-state index contributed by atoms with van der Waals surface area (Å²) in [6.07, 6.45) is 6.22. The fourth-order valence-corrected chi connectivity index (χ4v) is 5.04. The molecule has 0 atom stereocenters. The number of aromatic amines is 1. The SMILES string of the molecule is Cc1cn2c(-c3c[nH]c(I)c3)cnc2c(Nc2cc(CN3CCCC(F)(F)C3)ns2)n1. The minimum absolute atomic E-state index is 0.0311. The van der Waals surface area contributed by atoms with Crippen LogP contribution in [0.3, 0.4) is 0 Å². The van der Waals surface area contributed by atoms with E-state index in [4.69, 9.17) is 0 Å². The van der Waals surface area contributed by atoms with E-state index in [1.807, 2.05) is 36.0 Å². The van der Waals surface area contributed by atoms with Gasteiger partial charge in [-0.2, -0.15) is 4.37 Å². The first-order valence-corrected chi connectivity index (χ1v) is 11.7. The lowest BCUT2D eigenvalue weighted by Gasteiger charge is -2.31. The van der Waals surface area contributed by atoms with Crippen LogP contribution in [0.4, 0.5) is 19.6 Å². The average Bonchev–Trinajstić information content (AvgIpc) is 3.41. The molecule has 0 radical (unpaired) electrons. The van der Waals surface area contributed by atoms with Gasteiger partial charge < -0.3 is 10.3 Å². The molecular formula is C20H20F2IN7S. The quantitative estimate of drug-likeness (QED) is 0.337. The Morgan fingerprint density at radius 3 is 3.00 bits per heavy atom. The normalized spacial score (nSPS) is 16.8. The summed E-state index contributed by atoms with van der Waals surface area (Å²) >= 11 is 3.54. The van der Waals surface area contributed by atoms with Crippen LogP contribution in [-0.2, 0) is 6.54 Å². The van der Waals surface area contributed by atoms with Crippen molar-refractivity contribution in [2.24, 2.45) is 0 Å². The predicted octanol–water partition coefficient (Wildman–Crippen LogP) is 5.07. The van der Waals surface area contributed by atoms with E-state index >= 15 is 0 Å². The molecule has 0 bridgehead atoms. The summed E-state index contributed by atoms with van der Waals surface area (Å²) in [4.78, 5) is 14.1. The predicted molar refractivity (Wildman–Crippen MR) is 125 cm³/mol. The van der Waals surface area contributed by atoms with Gasteiger partial charge in [0, 0.05) is 30.9 Å². The lowest BCUT2D eigenvalue weighted by atomic mass is 10.1. The van der Waals surface area contributed by atoms with Crippen LogP contribution in [0.25, 0.3) is 16.9 Å². The zero-order chi connectivity index (χ0) is 21.6. The number of anilines is 2. The Bertz CT molecular complexity index is 1230. The number of nitrogens with one attached hydrogen (secondary N) is 2. The molecule has 4 aromatic rings. The van der Waals surface area contributed by atoms with Gasteiger partial charge in [0.2, 0.25) is 0 Å². The topological polar surface area (TPSA) is 74.1 Å². The molecule has 0 aromatic carbocycles. The number of imidazole rings is 1.